The van der Waals surface area contributed by atoms with Gasteiger partial charge in [-0.3, -0.25) is 0 Å². The van der Waals surface area contributed by atoms with Crippen molar-refractivity contribution in [2.24, 2.45) is 17.8 Å². The van der Waals surface area contributed by atoms with E-state index < -0.39 is 11.8 Å². The lowest BCUT2D eigenvalue weighted by Crippen LogP contribution is -2.16. The van der Waals surface area contributed by atoms with Crippen molar-refractivity contribution in [3.8, 4) is 11.5 Å². The molecule has 1 aromatic carbocycles. The zero-order chi connectivity index (χ0) is 15.1. The van der Waals surface area contributed by atoms with Crippen LogP contribution >= 0.6 is 0 Å². The molecule has 0 amide bonds. The van der Waals surface area contributed by atoms with Gasteiger partial charge in [-0.05, 0) is 30.6 Å². The fourth-order valence-electron chi connectivity index (χ4n) is 3.77. The highest BCUT2D eigenvalue weighted by Crippen LogP contribution is 2.59. The molecule has 1 N–H and O–H groups in total. The first-order chi connectivity index (χ1) is 10.0. The molecule has 2 aliphatic carbocycles. The van der Waals surface area contributed by atoms with Crippen LogP contribution in [0.5, 0.6) is 11.5 Å². The molecule has 0 aliphatic heterocycles. The summed E-state index contributed by atoms with van der Waals surface area (Å²) in [7, 11) is 1.32. The Morgan fingerprint density at radius 3 is 2.52 bits per heavy atom. The van der Waals surface area contributed by atoms with Crippen molar-refractivity contribution in [3.05, 3.63) is 23.5 Å². The number of carbonyl (C=O) groups is 1. The van der Waals surface area contributed by atoms with Crippen molar-refractivity contribution in [1.29, 1.82) is 0 Å². The maximum atomic E-state index is 14.0. The Bertz CT molecular complexity index is 560. The van der Waals surface area contributed by atoms with Gasteiger partial charge in [0, 0.05) is 12.1 Å². The van der Waals surface area contributed by atoms with Crippen molar-refractivity contribution in [3.63, 3.8) is 0 Å². The van der Waals surface area contributed by atoms with Crippen LogP contribution in [0.2, 0.25) is 0 Å². The second-order valence-corrected chi connectivity index (χ2v) is 5.90. The Balaban J connectivity index is 1.74. The number of fused-ring (bicyclic) bond motifs is 1. The quantitative estimate of drug-likeness (QED) is 0.905. The SMILES string of the molecule is CC[C@@H]1[C@H]2C[C@H](Oc3cc(C(=O)O)c(OC)cc3F)C[C@@H]12. The summed E-state index contributed by atoms with van der Waals surface area (Å²) in [5.41, 5.74) is -0.0801. The lowest BCUT2D eigenvalue weighted by atomic mass is 10.1. The van der Waals surface area contributed by atoms with Gasteiger partial charge in [-0.15, -0.1) is 0 Å². The second kappa shape index (κ2) is 5.20. The van der Waals surface area contributed by atoms with E-state index in [-0.39, 0.29) is 23.2 Å². The largest absolute Gasteiger partial charge is 0.496 e. The van der Waals surface area contributed by atoms with Gasteiger partial charge < -0.3 is 14.6 Å². The predicted molar refractivity (Wildman–Crippen MR) is 74.3 cm³/mol. The van der Waals surface area contributed by atoms with Crippen LogP contribution in [0.25, 0.3) is 0 Å². The molecule has 114 valence electrons. The second-order valence-electron chi connectivity index (χ2n) is 5.90. The number of rotatable bonds is 5. The van der Waals surface area contributed by atoms with Crippen molar-refractivity contribution in [1.82, 2.24) is 0 Å². The summed E-state index contributed by atoms with van der Waals surface area (Å²) < 4.78 is 24.6. The van der Waals surface area contributed by atoms with Crippen molar-refractivity contribution in [2.75, 3.05) is 7.11 Å². The zero-order valence-corrected chi connectivity index (χ0v) is 12.1. The minimum absolute atomic E-state index is 0.00699. The molecule has 0 aromatic heterocycles. The maximum Gasteiger partial charge on any atom is 0.339 e. The summed E-state index contributed by atoms with van der Waals surface area (Å²) in [5.74, 6) is 0.502. The van der Waals surface area contributed by atoms with Crippen LogP contribution in [0.4, 0.5) is 4.39 Å². The standard InChI is InChI=1S/C16H19FO4/c1-3-9-10-4-8(5-11(9)10)21-15-6-12(16(18)19)14(20-2)7-13(15)17/h6-11H,3-5H2,1-2H3,(H,18,19)/t8-,9+,10+,11-. The van der Waals surface area contributed by atoms with Gasteiger partial charge in [-0.25, -0.2) is 9.18 Å². The Labute approximate surface area is 122 Å². The van der Waals surface area contributed by atoms with Crippen LogP contribution in [0.3, 0.4) is 0 Å². The van der Waals surface area contributed by atoms with Crippen molar-refractivity contribution in [2.45, 2.75) is 32.3 Å². The molecule has 0 saturated heterocycles. The molecule has 0 unspecified atom stereocenters. The van der Waals surface area contributed by atoms with Gasteiger partial charge in [-0.1, -0.05) is 13.3 Å². The number of aromatic carboxylic acids is 1. The third kappa shape index (κ3) is 2.45. The van der Waals surface area contributed by atoms with E-state index in [1.165, 1.54) is 19.6 Å². The lowest BCUT2D eigenvalue weighted by Gasteiger charge is -2.18. The van der Waals surface area contributed by atoms with E-state index in [1.807, 2.05) is 0 Å². The number of ether oxygens (including phenoxy) is 2. The third-order valence-corrected chi connectivity index (χ3v) is 4.83. The molecule has 0 heterocycles. The minimum atomic E-state index is -1.16. The van der Waals surface area contributed by atoms with Crippen LogP contribution in [-0.4, -0.2) is 24.3 Å². The summed E-state index contributed by atoms with van der Waals surface area (Å²) in [6.45, 7) is 2.20. The molecule has 1 aromatic rings. The van der Waals surface area contributed by atoms with E-state index in [0.29, 0.717) is 11.8 Å². The monoisotopic (exact) mass is 294 g/mol. The number of benzene rings is 1. The summed E-state index contributed by atoms with van der Waals surface area (Å²) in [6.07, 6.45) is 3.07. The number of hydrogen-bond acceptors (Lipinski definition) is 3. The molecule has 0 bridgehead atoms. The van der Waals surface area contributed by atoms with Crippen molar-refractivity contribution >= 4 is 5.97 Å². The summed E-state index contributed by atoms with van der Waals surface area (Å²) in [6, 6.07) is 2.29. The van der Waals surface area contributed by atoms with Crippen LogP contribution in [-0.2, 0) is 0 Å². The molecule has 2 aliphatic rings. The number of carboxylic acid groups (broad SMARTS) is 1. The zero-order valence-electron chi connectivity index (χ0n) is 12.1. The summed E-state index contributed by atoms with van der Waals surface area (Å²) >= 11 is 0. The van der Waals surface area contributed by atoms with Gasteiger partial charge in [0.2, 0.25) is 0 Å². The molecule has 0 radical (unpaired) electrons. The molecule has 5 heteroatoms. The highest BCUT2D eigenvalue weighted by molar-refractivity contribution is 5.91. The fraction of sp³-hybridized carbons (Fsp3) is 0.562. The van der Waals surface area contributed by atoms with E-state index in [4.69, 9.17) is 14.6 Å². The Morgan fingerprint density at radius 2 is 2.00 bits per heavy atom. The van der Waals surface area contributed by atoms with E-state index >= 15 is 0 Å². The Kier molecular flexibility index (Phi) is 3.51. The molecular formula is C16H19FO4. The minimum Gasteiger partial charge on any atom is -0.496 e. The average molecular weight is 294 g/mol. The Morgan fingerprint density at radius 1 is 1.33 bits per heavy atom. The third-order valence-electron chi connectivity index (χ3n) is 4.83. The van der Waals surface area contributed by atoms with Gasteiger partial charge in [-0.2, -0.15) is 0 Å². The highest BCUT2D eigenvalue weighted by atomic mass is 19.1. The average Bonchev–Trinajstić information content (AvgIpc) is 2.93. The molecule has 21 heavy (non-hydrogen) atoms. The number of carboxylic acids is 1. The Hall–Kier alpha value is -1.78. The maximum absolute atomic E-state index is 14.0. The van der Waals surface area contributed by atoms with E-state index in [1.54, 1.807) is 0 Å². The van der Waals surface area contributed by atoms with Crippen LogP contribution < -0.4 is 9.47 Å². The van der Waals surface area contributed by atoms with Gasteiger partial charge >= 0.3 is 5.97 Å². The van der Waals surface area contributed by atoms with Gasteiger partial charge in [0.25, 0.3) is 0 Å². The highest BCUT2D eigenvalue weighted by Gasteiger charge is 2.55. The first kappa shape index (κ1) is 14.2. The first-order valence-electron chi connectivity index (χ1n) is 7.32. The molecule has 2 saturated carbocycles. The van der Waals surface area contributed by atoms with Gasteiger partial charge in [0.1, 0.15) is 11.3 Å². The normalized spacial score (nSPS) is 29.9. The van der Waals surface area contributed by atoms with Crippen molar-refractivity contribution < 1.29 is 23.8 Å². The number of hydrogen-bond donors (Lipinski definition) is 1. The topological polar surface area (TPSA) is 55.8 Å². The summed E-state index contributed by atoms with van der Waals surface area (Å²) in [5, 5.41) is 9.13. The molecule has 3 rings (SSSR count). The first-order valence-corrected chi connectivity index (χ1v) is 7.32. The molecule has 4 atom stereocenters. The van der Waals surface area contributed by atoms with E-state index in [0.717, 1.165) is 24.8 Å². The van der Waals surface area contributed by atoms with E-state index in [2.05, 4.69) is 6.92 Å². The lowest BCUT2D eigenvalue weighted by molar-refractivity contribution is 0.0692. The van der Waals surface area contributed by atoms with Gasteiger partial charge in [0.15, 0.2) is 11.6 Å². The smallest absolute Gasteiger partial charge is 0.339 e. The molecule has 4 nitrogen and oxygen atoms in total. The molecule has 2 fully saturated rings. The molecule has 0 spiro atoms. The van der Waals surface area contributed by atoms with Crippen LogP contribution in [0.1, 0.15) is 36.5 Å². The number of halogens is 1. The number of methoxy groups -OCH3 is 1. The fourth-order valence-corrected chi connectivity index (χ4v) is 3.77. The molecular weight excluding hydrogens is 275 g/mol. The van der Waals surface area contributed by atoms with Gasteiger partial charge in [0.05, 0.1) is 13.2 Å². The van der Waals surface area contributed by atoms with E-state index in [9.17, 15) is 9.18 Å². The summed E-state index contributed by atoms with van der Waals surface area (Å²) in [4.78, 5) is 11.2. The predicted octanol–water partition coefficient (Wildman–Crippen LogP) is 3.35. The van der Waals surface area contributed by atoms with Crippen LogP contribution in [0.15, 0.2) is 12.1 Å². The van der Waals surface area contributed by atoms with Crippen LogP contribution in [0, 0.1) is 23.6 Å².